The van der Waals surface area contributed by atoms with Crippen LogP contribution in [0.1, 0.15) is 56.9 Å². The summed E-state index contributed by atoms with van der Waals surface area (Å²) in [5.74, 6) is 0.982. The molecule has 3 aliphatic rings. The monoisotopic (exact) mass is 620 g/mol. The van der Waals surface area contributed by atoms with Gasteiger partial charge in [0.25, 0.3) is 0 Å². The van der Waals surface area contributed by atoms with Gasteiger partial charge in [0.05, 0.1) is 10.2 Å². The molecule has 1 aliphatic heterocycles. The second-order valence-corrected chi connectivity index (χ2v) is 11.6. The highest BCUT2D eigenvalue weighted by Crippen LogP contribution is 2.49. The molecule has 0 aromatic heterocycles. The van der Waals surface area contributed by atoms with Gasteiger partial charge in [0, 0.05) is 42.7 Å². The molecule has 2 aromatic carbocycles. The molecule has 0 bridgehead atoms. The first-order valence-corrected chi connectivity index (χ1v) is 14.4. The molecule has 0 fully saturated rings. The summed E-state index contributed by atoms with van der Waals surface area (Å²) in [6.07, 6.45) is 3.53. The van der Waals surface area contributed by atoms with Crippen molar-refractivity contribution in [3.63, 3.8) is 0 Å². The number of carbonyl (C=O) groups is 2. The predicted octanol–water partition coefficient (Wildman–Crippen LogP) is 5.59. The zero-order valence-electron chi connectivity index (χ0n) is 19.7. The van der Waals surface area contributed by atoms with E-state index in [0.29, 0.717) is 70.3 Å². The van der Waals surface area contributed by atoms with Crippen molar-refractivity contribution in [1.29, 1.82) is 0 Å². The van der Waals surface area contributed by atoms with Crippen molar-refractivity contribution in [2.75, 3.05) is 6.61 Å². The Morgan fingerprint density at radius 1 is 0.944 bits per heavy atom. The Morgan fingerprint density at radius 2 is 1.56 bits per heavy atom. The van der Waals surface area contributed by atoms with E-state index >= 15 is 0 Å². The summed E-state index contributed by atoms with van der Waals surface area (Å²) in [7, 11) is -4.10. The van der Waals surface area contributed by atoms with Crippen LogP contribution in [0.3, 0.4) is 0 Å². The number of ketones is 2. The molecule has 0 saturated carbocycles. The Bertz CT molecular complexity index is 1370. The topological polar surface area (TPSA) is 96.0 Å². The number of ether oxygens (including phenoxy) is 2. The molecule has 0 atom stereocenters. The quantitative estimate of drug-likeness (QED) is 0.307. The first-order valence-electron chi connectivity index (χ1n) is 12.0. The highest BCUT2D eigenvalue weighted by atomic mass is 127. The molecule has 0 unspecified atom stereocenters. The Kier molecular flexibility index (Phi) is 6.95. The van der Waals surface area contributed by atoms with Crippen LogP contribution in [0.5, 0.6) is 11.5 Å². The standard InChI is InChI=1S/C27H25IO7S/c1-2-33-23-15-16(14-18(28)27(23)35-36(31,32)17-8-4-3-5-9-17)24-25-19(29)10-6-12-21(25)34-22-13-7-11-20(30)26(22)24/h3-5,8-9,14-15,24H,2,6-7,10-13H2,1H3. The maximum Gasteiger partial charge on any atom is 0.339 e. The van der Waals surface area contributed by atoms with Crippen LogP contribution in [0.25, 0.3) is 0 Å². The van der Waals surface area contributed by atoms with Crippen molar-refractivity contribution in [2.24, 2.45) is 0 Å². The molecular formula is C27H25IO7S. The fraction of sp³-hybridized carbons (Fsp3) is 0.333. The van der Waals surface area contributed by atoms with Gasteiger partial charge in [-0.1, -0.05) is 18.2 Å². The summed E-state index contributed by atoms with van der Waals surface area (Å²) in [5.41, 5.74) is 1.74. The highest BCUT2D eigenvalue weighted by Gasteiger charge is 2.42. The molecule has 0 saturated heterocycles. The average molecular weight is 620 g/mol. The summed E-state index contributed by atoms with van der Waals surface area (Å²) < 4.78 is 43.9. The van der Waals surface area contributed by atoms with Gasteiger partial charge in [-0.05, 0) is 72.2 Å². The molecule has 0 spiro atoms. The van der Waals surface area contributed by atoms with E-state index in [1.165, 1.54) is 12.1 Å². The van der Waals surface area contributed by atoms with Crippen LogP contribution in [-0.4, -0.2) is 26.6 Å². The second-order valence-electron chi connectivity index (χ2n) is 8.88. The molecule has 0 radical (unpaired) electrons. The summed E-state index contributed by atoms with van der Waals surface area (Å²) in [6.45, 7) is 2.06. The number of rotatable bonds is 6. The van der Waals surface area contributed by atoms with E-state index in [1.54, 1.807) is 37.3 Å². The van der Waals surface area contributed by atoms with Gasteiger partial charge < -0.3 is 13.7 Å². The molecule has 1 heterocycles. The SMILES string of the molecule is CCOc1cc(C2C3=C(CCCC3=O)OC3=C2C(=O)CCC3)cc(I)c1OS(=O)(=O)c1ccccc1. The number of benzene rings is 2. The fourth-order valence-corrected chi connectivity index (χ4v) is 6.86. The lowest BCUT2D eigenvalue weighted by molar-refractivity contribution is -0.117. The number of hydrogen-bond donors (Lipinski definition) is 0. The Hall–Kier alpha value is -2.66. The van der Waals surface area contributed by atoms with Crippen molar-refractivity contribution in [3.8, 4) is 11.5 Å². The first kappa shape index (κ1) is 25.0. The minimum atomic E-state index is -4.10. The smallest absolute Gasteiger partial charge is 0.339 e. The Balaban J connectivity index is 1.64. The molecule has 9 heteroatoms. The second kappa shape index (κ2) is 10.0. The van der Waals surface area contributed by atoms with Crippen LogP contribution in [0.4, 0.5) is 0 Å². The average Bonchev–Trinajstić information content (AvgIpc) is 2.86. The third-order valence-electron chi connectivity index (χ3n) is 6.53. The molecule has 2 aromatic rings. The van der Waals surface area contributed by atoms with Gasteiger partial charge >= 0.3 is 10.1 Å². The van der Waals surface area contributed by atoms with Gasteiger partial charge in [-0.2, -0.15) is 8.42 Å². The minimum absolute atomic E-state index is 0.0221. The van der Waals surface area contributed by atoms with Crippen LogP contribution >= 0.6 is 22.6 Å². The third-order valence-corrected chi connectivity index (χ3v) is 8.57. The zero-order chi connectivity index (χ0) is 25.4. The number of halogens is 1. The first-order chi connectivity index (χ1) is 17.3. The third kappa shape index (κ3) is 4.58. The van der Waals surface area contributed by atoms with E-state index in [4.69, 9.17) is 13.7 Å². The van der Waals surface area contributed by atoms with Gasteiger partial charge in [-0.15, -0.1) is 0 Å². The Morgan fingerprint density at radius 3 is 2.14 bits per heavy atom. The van der Waals surface area contributed by atoms with Crippen LogP contribution in [0.15, 0.2) is 70.0 Å². The van der Waals surface area contributed by atoms with Crippen LogP contribution in [-0.2, 0) is 24.4 Å². The summed E-state index contributed by atoms with van der Waals surface area (Å²) in [6, 6.07) is 11.4. The van der Waals surface area contributed by atoms with Gasteiger partial charge in [0.1, 0.15) is 16.4 Å². The van der Waals surface area contributed by atoms with Crippen molar-refractivity contribution >= 4 is 44.3 Å². The lowest BCUT2D eigenvalue weighted by Crippen LogP contribution is -2.30. The number of carbonyl (C=O) groups excluding carboxylic acids is 2. The lowest BCUT2D eigenvalue weighted by atomic mass is 9.73. The summed E-state index contributed by atoms with van der Waals surface area (Å²) >= 11 is 2.01. The molecule has 0 amide bonds. The maximum atomic E-state index is 13.1. The fourth-order valence-electron chi connectivity index (χ4n) is 4.99. The molecule has 5 rings (SSSR count). The number of hydrogen-bond acceptors (Lipinski definition) is 7. The van der Waals surface area contributed by atoms with E-state index in [1.807, 2.05) is 22.6 Å². The summed E-state index contributed by atoms with van der Waals surface area (Å²) in [4.78, 5) is 26.2. The van der Waals surface area contributed by atoms with Crippen LogP contribution in [0, 0.1) is 3.57 Å². The molecule has 2 aliphatic carbocycles. The largest absolute Gasteiger partial charge is 0.490 e. The van der Waals surface area contributed by atoms with Gasteiger partial charge in [0.15, 0.2) is 23.1 Å². The van der Waals surface area contributed by atoms with Gasteiger partial charge in [-0.3, -0.25) is 9.59 Å². The zero-order valence-corrected chi connectivity index (χ0v) is 22.7. The van der Waals surface area contributed by atoms with Crippen molar-refractivity contribution in [3.05, 3.63) is 74.3 Å². The number of allylic oxidation sites excluding steroid dienone is 4. The van der Waals surface area contributed by atoms with E-state index in [-0.39, 0.29) is 34.6 Å². The van der Waals surface area contributed by atoms with Crippen LogP contribution in [0.2, 0.25) is 0 Å². The normalized spacial score (nSPS) is 18.5. The van der Waals surface area contributed by atoms with Gasteiger partial charge in [0.2, 0.25) is 0 Å². The van der Waals surface area contributed by atoms with E-state index in [0.717, 1.165) is 0 Å². The lowest BCUT2D eigenvalue weighted by Gasteiger charge is -2.36. The highest BCUT2D eigenvalue weighted by molar-refractivity contribution is 14.1. The molecule has 188 valence electrons. The maximum absolute atomic E-state index is 13.1. The number of Topliss-reactive ketones (excluding diaryl/α,β-unsaturated/α-hetero) is 2. The van der Waals surface area contributed by atoms with Crippen molar-refractivity contribution in [1.82, 2.24) is 0 Å². The van der Waals surface area contributed by atoms with Crippen molar-refractivity contribution in [2.45, 2.75) is 56.3 Å². The summed E-state index contributed by atoms with van der Waals surface area (Å²) in [5, 5.41) is 0. The molecule has 36 heavy (non-hydrogen) atoms. The van der Waals surface area contributed by atoms with Gasteiger partial charge in [-0.25, -0.2) is 0 Å². The molecule has 0 N–H and O–H groups in total. The molecule has 7 nitrogen and oxygen atoms in total. The minimum Gasteiger partial charge on any atom is -0.490 e. The Labute approximate surface area is 223 Å². The molecular weight excluding hydrogens is 595 g/mol. The van der Waals surface area contributed by atoms with E-state index < -0.39 is 16.0 Å². The van der Waals surface area contributed by atoms with Crippen molar-refractivity contribution < 1.29 is 31.7 Å². The van der Waals surface area contributed by atoms with E-state index in [9.17, 15) is 18.0 Å². The van der Waals surface area contributed by atoms with Crippen LogP contribution < -0.4 is 8.92 Å². The predicted molar refractivity (Wildman–Crippen MR) is 140 cm³/mol. The van der Waals surface area contributed by atoms with E-state index in [2.05, 4.69) is 0 Å².